The zero-order chi connectivity index (χ0) is 26.2. The lowest BCUT2D eigenvalue weighted by atomic mass is 10.1. The molecule has 0 bridgehead atoms. The fourth-order valence-electron chi connectivity index (χ4n) is 3.73. The summed E-state index contributed by atoms with van der Waals surface area (Å²) in [5, 5.41) is 13.2. The molecule has 1 saturated carbocycles. The average Bonchev–Trinajstić information content (AvgIpc) is 3.65. The van der Waals surface area contributed by atoms with Crippen LogP contribution in [0.3, 0.4) is 0 Å². The molecule has 37 heavy (non-hydrogen) atoms. The van der Waals surface area contributed by atoms with Gasteiger partial charge in [0.2, 0.25) is 0 Å². The van der Waals surface area contributed by atoms with Crippen LogP contribution < -0.4 is 14.8 Å². The third-order valence-electron chi connectivity index (χ3n) is 5.81. The molecule has 0 unspecified atom stereocenters. The predicted octanol–water partition coefficient (Wildman–Crippen LogP) is 5.49. The molecule has 192 valence electrons. The number of methoxy groups -OCH3 is 1. The molecular formula is C25H22F2N4O4S2. The van der Waals surface area contributed by atoms with Crippen molar-refractivity contribution in [2.75, 3.05) is 17.1 Å². The molecule has 3 N–H and O–H groups in total. The van der Waals surface area contributed by atoms with Crippen molar-refractivity contribution in [1.29, 1.82) is 0 Å². The Morgan fingerprint density at radius 3 is 2.62 bits per heavy atom. The molecule has 0 aliphatic heterocycles. The maximum absolute atomic E-state index is 13.8. The largest absolute Gasteiger partial charge is 0.504 e. The van der Waals surface area contributed by atoms with E-state index >= 15 is 0 Å². The molecule has 0 saturated heterocycles. The minimum atomic E-state index is -4.05. The highest BCUT2D eigenvalue weighted by molar-refractivity contribution is 7.92. The second-order valence-electron chi connectivity index (χ2n) is 8.45. The first-order valence-electron chi connectivity index (χ1n) is 11.3. The number of hydrogen-bond acceptors (Lipinski definition) is 8. The van der Waals surface area contributed by atoms with E-state index in [0.29, 0.717) is 28.3 Å². The van der Waals surface area contributed by atoms with Crippen molar-refractivity contribution in [3.8, 4) is 22.8 Å². The van der Waals surface area contributed by atoms with E-state index < -0.39 is 21.7 Å². The number of benzene rings is 2. The Morgan fingerprint density at radius 1 is 1.14 bits per heavy atom. The van der Waals surface area contributed by atoms with E-state index in [1.165, 1.54) is 36.8 Å². The summed E-state index contributed by atoms with van der Waals surface area (Å²) in [4.78, 5) is 9.28. The smallest absolute Gasteiger partial charge is 0.281 e. The summed E-state index contributed by atoms with van der Waals surface area (Å²) < 4.78 is 60.7. The molecule has 0 amide bonds. The number of aromatic hydroxyl groups is 1. The Hall–Kier alpha value is -3.77. The Balaban J connectivity index is 1.32. The zero-order valence-corrected chi connectivity index (χ0v) is 21.2. The van der Waals surface area contributed by atoms with Gasteiger partial charge in [-0.25, -0.2) is 18.7 Å². The summed E-state index contributed by atoms with van der Waals surface area (Å²) in [5.41, 5.74) is 1.98. The molecule has 0 spiro atoms. The van der Waals surface area contributed by atoms with Crippen LogP contribution in [0, 0.1) is 11.6 Å². The van der Waals surface area contributed by atoms with Crippen LogP contribution in [-0.2, 0) is 16.6 Å². The lowest BCUT2D eigenvalue weighted by Gasteiger charge is -2.11. The molecule has 2 aromatic heterocycles. The summed E-state index contributed by atoms with van der Waals surface area (Å²) in [6.07, 6.45) is 3.22. The summed E-state index contributed by atoms with van der Waals surface area (Å²) in [6, 6.07) is 11.6. The first-order valence-corrected chi connectivity index (χ1v) is 13.6. The molecule has 2 heterocycles. The summed E-state index contributed by atoms with van der Waals surface area (Å²) in [5.74, 6) is -1.37. The van der Waals surface area contributed by atoms with Crippen molar-refractivity contribution >= 4 is 32.2 Å². The van der Waals surface area contributed by atoms with E-state index in [9.17, 15) is 22.3 Å². The van der Waals surface area contributed by atoms with Crippen LogP contribution in [-0.4, -0.2) is 30.6 Å². The number of phenols is 1. The van der Waals surface area contributed by atoms with Crippen LogP contribution in [0.4, 0.5) is 19.6 Å². The number of hydrogen-bond donors (Lipinski definition) is 3. The maximum Gasteiger partial charge on any atom is 0.281 e. The number of nitrogens with one attached hydrogen (secondary N) is 2. The fourth-order valence-corrected chi connectivity index (χ4v) is 6.05. The van der Waals surface area contributed by atoms with E-state index in [0.717, 1.165) is 29.9 Å². The zero-order valence-electron chi connectivity index (χ0n) is 19.5. The SMILES string of the molecule is COc1cccc(CNc2ccc(S(=O)(=O)Nc3nc(-c4ccc(F)c(F)c4)c(C4CC4)s3)nc2)c1O. The third-order valence-corrected chi connectivity index (χ3v) is 8.33. The number of para-hydroxylation sites is 1. The molecule has 12 heteroatoms. The lowest BCUT2D eigenvalue weighted by molar-refractivity contribution is 0.371. The minimum absolute atomic E-state index is 0.0191. The number of ether oxygens (including phenoxy) is 1. The Bertz CT molecular complexity index is 1560. The first kappa shape index (κ1) is 24.9. The van der Waals surface area contributed by atoms with Crippen molar-refractivity contribution in [3.05, 3.63) is 76.8 Å². The number of sulfonamides is 1. The van der Waals surface area contributed by atoms with Crippen LogP contribution in [0.15, 0.2) is 59.8 Å². The monoisotopic (exact) mass is 544 g/mol. The summed E-state index contributed by atoms with van der Waals surface area (Å²) in [7, 11) is -2.59. The van der Waals surface area contributed by atoms with Gasteiger partial charge in [0, 0.05) is 22.5 Å². The molecule has 4 aromatic rings. The lowest BCUT2D eigenvalue weighted by Crippen LogP contribution is -2.14. The van der Waals surface area contributed by atoms with Gasteiger partial charge in [-0.2, -0.15) is 8.42 Å². The van der Waals surface area contributed by atoms with Crippen LogP contribution in [0.1, 0.15) is 29.2 Å². The van der Waals surface area contributed by atoms with Gasteiger partial charge in [-0.15, -0.1) is 11.3 Å². The number of thiazole rings is 1. The molecule has 1 aliphatic carbocycles. The first-order chi connectivity index (χ1) is 17.7. The highest BCUT2D eigenvalue weighted by Crippen LogP contribution is 2.48. The molecular weight excluding hydrogens is 522 g/mol. The quantitative estimate of drug-likeness (QED) is 0.255. The molecule has 2 aromatic carbocycles. The topological polar surface area (TPSA) is 113 Å². The van der Waals surface area contributed by atoms with E-state index in [4.69, 9.17) is 4.74 Å². The second-order valence-corrected chi connectivity index (χ2v) is 11.1. The van der Waals surface area contributed by atoms with E-state index in [2.05, 4.69) is 20.0 Å². The van der Waals surface area contributed by atoms with E-state index in [-0.39, 0.29) is 28.4 Å². The number of pyridine rings is 1. The van der Waals surface area contributed by atoms with Crippen LogP contribution in [0.2, 0.25) is 0 Å². The van der Waals surface area contributed by atoms with Crippen molar-refractivity contribution in [2.45, 2.75) is 30.3 Å². The highest BCUT2D eigenvalue weighted by atomic mass is 32.2. The van der Waals surface area contributed by atoms with E-state index in [1.54, 1.807) is 24.3 Å². The van der Waals surface area contributed by atoms with Crippen LogP contribution in [0.25, 0.3) is 11.3 Å². The molecule has 0 atom stereocenters. The van der Waals surface area contributed by atoms with Gasteiger partial charge in [-0.1, -0.05) is 12.1 Å². The Morgan fingerprint density at radius 2 is 1.95 bits per heavy atom. The number of nitrogens with zero attached hydrogens (tertiary/aromatic N) is 2. The van der Waals surface area contributed by atoms with Crippen LogP contribution in [0.5, 0.6) is 11.5 Å². The molecule has 8 nitrogen and oxygen atoms in total. The van der Waals surface area contributed by atoms with Crippen molar-refractivity contribution < 1.29 is 27.0 Å². The third kappa shape index (κ3) is 5.35. The number of halogens is 2. The standard InChI is InChI=1S/C25H22F2N4O4S2/c1-35-20-4-2-3-16(23(20)32)12-28-17-8-10-21(29-13-17)37(33,34)31-25-30-22(24(36-25)14-5-6-14)15-7-9-18(26)19(27)11-15/h2-4,7-11,13-14,28,32H,5-6,12H2,1H3,(H,30,31). The van der Waals surface area contributed by atoms with Crippen molar-refractivity contribution in [1.82, 2.24) is 9.97 Å². The predicted molar refractivity (Wildman–Crippen MR) is 136 cm³/mol. The Labute approximate surface area is 216 Å². The van der Waals surface area contributed by atoms with Crippen molar-refractivity contribution in [2.24, 2.45) is 0 Å². The van der Waals surface area contributed by atoms with Crippen LogP contribution >= 0.6 is 11.3 Å². The maximum atomic E-state index is 13.8. The molecule has 5 rings (SSSR count). The average molecular weight is 545 g/mol. The number of aromatic nitrogens is 2. The Kier molecular flexibility index (Phi) is 6.69. The number of phenolic OH excluding ortho intramolecular Hbond substituents is 1. The van der Waals surface area contributed by atoms with E-state index in [1.807, 2.05) is 0 Å². The van der Waals surface area contributed by atoms with Gasteiger partial charge in [0.1, 0.15) is 0 Å². The highest BCUT2D eigenvalue weighted by Gasteiger charge is 2.31. The van der Waals surface area contributed by atoms with Gasteiger partial charge >= 0.3 is 0 Å². The normalized spacial score (nSPS) is 13.4. The second kappa shape index (κ2) is 9.94. The number of rotatable bonds is 9. The van der Waals surface area contributed by atoms with Gasteiger partial charge in [-0.3, -0.25) is 4.72 Å². The van der Waals surface area contributed by atoms with Gasteiger partial charge in [0.05, 0.1) is 24.7 Å². The fraction of sp³-hybridized carbons (Fsp3) is 0.200. The summed E-state index contributed by atoms with van der Waals surface area (Å²) >= 11 is 1.18. The summed E-state index contributed by atoms with van der Waals surface area (Å²) in [6.45, 7) is 0.269. The minimum Gasteiger partial charge on any atom is -0.504 e. The molecule has 1 fully saturated rings. The van der Waals surface area contributed by atoms with Gasteiger partial charge in [0.25, 0.3) is 10.0 Å². The van der Waals surface area contributed by atoms with Gasteiger partial charge in [0.15, 0.2) is 33.3 Å². The number of anilines is 2. The van der Waals surface area contributed by atoms with Gasteiger partial charge < -0.3 is 15.2 Å². The molecule has 1 aliphatic rings. The van der Waals surface area contributed by atoms with Crippen molar-refractivity contribution in [3.63, 3.8) is 0 Å². The van der Waals surface area contributed by atoms with Gasteiger partial charge in [-0.05, 0) is 55.2 Å². The molecule has 0 radical (unpaired) electrons.